The van der Waals surface area contributed by atoms with E-state index < -0.39 is 0 Å². The maximum Gasteiger partial charge on any atom is 0.0465 e. The molecule has 0 amide bonds. The van der Waals surface area contributed by atoms with Crippen LogP contribution in [-0.4, -0.2) is 47.9 Å². The second-order valence-electron chi connectivity index (χ2n) is 4.90. The summed E-state index contributed by atoms with van der Waals surface area (Å²) in [4.78, 5) is 4.99. The molecule has 0 bridgehead atoms. The summed E-state index contributed by atoms with van der Waals surface area (Å²) in [6, 6.07) is 5.77. The first kappa shape index (κ1) is 15.6. The first-order valence-corrected chi connectivity index (χ1v) is 8.51. The third kappa shape index (κ3) is 4.91. The second-order valence-corrected chi connectivity index (χ2v) is 6.53. The van der Waals surface area contributed by atoms with Gasteiger partial charge >= 0.3 is 0 Å². The summed E-state index contributed by atoms with van der Waals surface area (Å²) in [7, 11) is 0. The fraction of sp³-hybridized carbons (Fsp3) is 0.571. The molecule has 0 radical (unpaired) electrons. The Bertz CT molecular complexity index is 414. The molecule has 0 spiro atoms. The maximum atomic E-state index is 6.24. The second kappa shape index (κ2) is 7.84. The zero-order valence-electron chi connectivity index (χ0n) is 10.9. The SMILES string of the molecule is Clc1ccc(CN2CCCN(CCBr)CC2)c(Cl)c1. The van der Waals surface area contributed by atoms with E-state index in [-0.39, 0.29) is 0 Å². The molecule has 2 rings (SSSR count). The van der Waals surface area contributed by atoms with E-state index in [0.29, 0.717) is 5.02 Å². The van der Waals surface area contributed by atoms with Crippen LogP contribution >= 0.6 is 39.1 Å². The molecule has 5 heteroatoms. The fourth-order valence-corrected chi connectivity index (χ4v) is 3.39. The van der Waals surface area contributed by atoms with Crippen LogP contribution in [0.1, 0.15) is 12.0 Å². The molecule has 1 aliphatic heterocycles. The van der Waals surface area contributed by atoms with Crippen LogP contribution in [0.2, 0.25) is 10.0 Å². The summed E-state index contributed by atoms with van der Waals surface area (Å²) < 4.78 is 0. The van der Waals surface area contributed by atoms with Gasteiger partial charge in [-0.25, -0.2) is 0 Å². The summed E-state index contributed by atoms with van der Waals surface area (Å²) in [5.74, 6) is 0. The van der Waals surface area contributed by atoms with Crippen molar-refractivity contribution in [2.24, 2.45) is 0 Å². The molecule has 1 fully saturated rings. The Balaban J connectivity index is 1.92. The molecule has 106 valence electrons. The van der Waals surface area contributed by atoms with Gasteiger partial charge in [0.15, 0.2) is 0 Å². The minimum absolute atomic E-state index is 0.702. The average molecular weight is 366 g/mol. The van der Waals surface area contributed by atoms with E-state index in [1.807, 2.05) is 18.2 Å². The first-order chi connectivity index (χ1) is 9.19. The Kier molecular flexibility index (Phi) is 6.43. The van der Waals surface area contributed by atoms with Crippen LogP contribution in [-0.2, 0) is 6.54 Å². The Labute approximate surface area is 133 Å². The van der Waals surface area contributed by atoms with Gasteiger partial charge in [0.05, 0.1) is 0 Å². The van der Waals surface area contributed by atoms with Gasteiger partial charge in [0.1, 0.15) is 0 Å². The summed E-state index contributed by atoms with van der Waals surface area (Å²) in [6.07, 6.45) is 1.22. The highest BCUT2D eigenvalue weighted by atomic mass is 79.9. The van der Waals surface area contributed by atoms with Crippen LogP contribution in [0.5, 0.6) is 0 Å². The normalized spacial score (nSPS) is 18.5. The largest absolute Gasteiger partial charge is 0.301 e. The number of halogens is 3. The molecule has 0 atom stereocenters. The third-order valence-corrected chi connectivity index (χ3v) is 4.43. The Morgan fingerprint density at radius 2 is 1.79 bits per heavy atom. The van der Waals surface area contributed by atoms with E-state index in [4.69, 9.17) is 23.2 Å². The standard InChI is InChI=1S/C14H19BrCl2N2/c15-4-7-18-5-1-6-19(9-8-18)11-12-2-3-13(16)10-14(12)17/h2-3,10H,1,4-9,11H2. The van der Waals surface area contributed by atoms with Gasteiger partial charge in [-0.1, -0.05) is 45.2 Å². The minimum Gasteiger partial charge on any atom is -0.301 e. The first-order valence-electron chi connectivity index (χ1n) is 6.63. The molecule has 1 saturated heterocycles. The van der Waals surface area contributed by atoms with Crippen molar-refractivity contribution in [3.05, 3.63) is 33.8 Å². The predicted octanol–water partition coefficient (Wildman–Crippen LogP) is 3.90. The van der Waals surface area contributed by atoms with Crippen LogP contribution in [0, 0.1) is 0 Å². The van der Waals surface area contributed by atoms with Crippen LogP contribution in [0.15, 0.2) is 18.2 Å². The molecular formula is C14H19BrCl2N2. The quantitative estimate of drug-likeness (QED) is 0.746. The van der Waals surface area contributed by atoms with Crippen LogP contribution in [0.4, 0.5) is 0 Å². The van der Waals surface area contributed by atoms with Crippen molar-refractivity contribution >= 4 is 39.1 Å². The Morgan fingerprint density at radius 3 is 2.53 bits per heavy atom. The number of alkyl halides is 1. The van der Waals surface area contributed by atoms with Gasteiger partial charge in [0.25, 0.3) is 0 Å². The molecule has 0 N–H and O–H groups in total. The van der Waals surface area contributed by atoms with Gasteiger partial charge < -0.3 is 4.90 Å². The maximum absolute atomic E-state index is 6.24. The molecule has 1 aromatic carbocycles. The van der Waals surface area contributed by atoms with Crippen LogP contribution in [0.3, 0.4) is 0 Å². The van der Waals surface area contributed by atoms with E-state index in [9.17, 15) is 0 Å². The lowest BCUT2D eigenvalue weighted by molar-refractivity contribution is 0.258. The molecule has 0 aliphatic carbocycles. The van der Waals surface area contributed by atoms with E-state index in [0.717, 1.165) is 43.1 Å². The molecule has 1 heterocycles. The van der Waals surface area contributed by atoms with E-state index in [2.05, 4.69) is 25.7 Å². The lowest BCUT2D eigenvalue weighted by atomic mass is 10.2. The van der Waals surface area contributed by atoms with Gasteiger partial charge in [-0.3, -0.25) is 4.90 Å². The number of hydrogen-bond acceptors (Lipinski definition) is 2. The Morgan fingerprint density at radius 1 is 1.05 bits per heavy atom. The van der Waals surface area contributed by atoms with E-state index >= 15 is 0 Å². The molecule has 0 unspecified atom stereocenters. The van der Waals surface area contributed by atoms with Gasteiger partial charge in [-0.15, -0.1) is 0 Å². The van der Waals surface area contributed by atoms with E-state index in [1.54, 1.807) is 0 Å². The van der Waals surface area contributed by atoms with Crippen molar-refractivity contribution in [1.29, 1.82) is 0 Å². The highest BCUT2D eigenvalue weighted by Crippen LogP contribution is 2.22. The lowest BCUT2D eigenvalue weighted by Gasteiger charge is -2.21. The minimum atomic E-state index is 0.702. The number of hydrogen-bond donors (Lipinski definition) is 0. The summed E-state index contributed by atoms with van der Waals surface area (Å²) in [5, 5.41) is 2.53. The van der Waals surface area contributed by atoms with Gasteiger partial charge in [-0.05, 0) is 37.2 Å². The molecule has 0 saturated carbocycles. The number of rotatable bonds is 4. The zero-order chi connectivity index (χ0) is 13.7. The molecule has 2 nitrogen and oxygen atoms in total. The van der Waals surface area contributed by atoms with Crippen molar-refractivity contribution in [3.63, 3.8) is 0 Å². The van der Waals surface area contributed by atoms with Crippen molar-refractivity contribution in [1.82, 2.24) is 9.80 Å². The van der Waals surface area contributed by atoms with Gasteiger partial charge in [0, 0.05) is 41.6 Å². The summed E-state index contributed by atoms with van der Waals surface area (Å²) in [6.45, 7) is 6.62. The molecule has 19 heavy (non-hydrogen) atoms. The van der Waals surface area contributed by atoms with Gasteiger partial charge in [0.2, 0.25) is 0 Å². The monoisotopic (exact) mass is 364 g/mol. The molecule has 1 aliphatic rings. The zero-order valence-corrected chi connectivity index (χ0v) is 14.0. The van der Waals surface area contributed by atoms with E-state index in [1.165, 1.54) is 18.5 Å². The number of nitrogens with zero attached hydrogens (tertiary/aromatic N) is 2. The number of benzene rings is 1. The van der Waals surface area contributed by atoms with Crippen LogP contribution in [0.25, 0.3) is 0 Å². The van der Waals surface area contributed by atoms with Crippen molar-refractivity contribution in [2.45, 2.75) is 13.0 Å². The molecule has 1 aromatic rings. The Hall–Kier alpha value is 0.200. The summed E-state index contributed by atoms with van der Waals surface area (Å²) in [5.41, 5.74) is 1.17. The van der Waals surface area contributed by atoms with Crippen LogP contribution < -0.4 is 0 Å². The summed E-state index contributed by atoms with van der Waals surface area (Å²) >= 11 is 15.7. The molecular weight excluding hydrogens is 347 g/mol. The average Bonchev–Trinajstić information content (AvgIpc) is 2.59. The van der Waals surface area contributed by atoms with Gasteiger partial charge in [-0.2, -0.15) is 0 Å². The van der Waals surface area contributed by atoms with Crippen molar-refractivity contribution in [2.75, 3.05) is 38.1 Å². The topological polar surface area (TPSA) is 6.48 Å². The predicted molar refractivity (Wildman–Crippen MR) is 86.6 cm³/mol. The molecule has 0 aromatic heterocycles. The van der Waals surface area contributed by atoms with Crippen molar-refractivity contribution in [3.8, 4) is 0 Å². The highest BCUT2D eigenvalue weighted by molar-refractivity contribution is 9.09. The smallest absolute Gasteiger partial charge is 0.0465 e. The highest BCUT2D eigenvalue weighted by Gasteiger charge is 2.15. The van der Waals surface area contributed by atoms with Crippen molar-refractivity contribution < 1.29 is 0 Å². The third-order valence-electron chi connectivity index (χ3n) is 3.49. The lowest BCUT2D eigenvalue weighted by Crippen LogP contribution is -2.31. The fourth-order valence-electron chi connectivity index (χ4n) is 2.42.